The van der Waals surface area contributed by atoms with E-state index >= 15 is 0 Å². The lowest BCUT2D eigenvalue weighted by atomic mass is 9.95. The predicted octanol–water partition coefficient (Wildman–Crippen LogP) is 6.37. The molecule has 2 fully saturated rings. The summed E-state index contributed by atoms with van der Waals surface area (Å²) in [4.78, 5) is 34.7. The monoisotopic (exact) mass is 658 g/mol. The van der Waals surface area contributed by atoms with Crippen LogP contribution in [0.5, 0.6) is 0 Å². The van der Waals surface area contributed by atoms with Crippen molar-refractivity contribution in [3.8, 4) is 0 Å². The van der Waals surface area contributed by atoms with Crippen LogP contribution in [0.3, 0.4) is 0 Å². The maximum absolute atomic E-state index is 11.1. The number of anilines is 1. The molecule has 0 saturated carbocycles. The van der Waals surface area contributed by atoms with Crippen LogP contribution in [0.4, 0.5) is 19.0 Å². The zero-order valence-electron chi connectivity index (χ0n) is 24.6. The standard InChI is InChI=1S/C27H34Cl2N6O2.C2HF3O2/c1-16-13-21(34-11-4-5-20(34)7-9-25(36)37)10-12-33(16)24-15-30-26-17(2)32-35(27(26)31-24)18(3)22-8-6-19(28)14-23(22)29;3-2(4,5)1(6)7/h6,8,14-16,18,20-21H,4-5,7,9-13H2,1-3H3,(H,36,37);(H,6,7)/t16-,18+,20-,21?;/m0./s1. The van der Waals surface area contributed by atoms with Gasteiger partial charge in [-0.25, -0.2) is 19.4 Å². The van der Waals surface area contributed by atoms with Crippen molar-refractivity contribution < 1.29 is 33.0 Å². The van der Waals surface area contributed by atoms with Crippen molar-refractivity contribution in [1.82, 2.24) is 24.6 Å². The number of hydrogen-bond donors (Lipinski definition) is 2. The highest BCUT2D eigenvalue weighted by molar-refractivity contribution is 6.35. The summed E-state index contributed by atoms with van der Waals surface area (Å²) >= 11 is 12.6. The number of halogens is 5. The number of carbonyl (C=O) groups is 2. The molecule has 0 bridgehead atoms. The highest BCUT2D eigenvalue weighted by Gasteiger charge is 2.38. The molecule has 0 amide bonds. The number of nitrogens with zero attached hydrogens (tertiary/aromatic N) is 6. The molecule has 1 unspecified atom stereocenters. The number of piperidine rings is 1. The van der Waals surface area contributed by atoms with Crippen molar-refractivity contribution in [3.63, 3.8) is 0 Å². The average molecular weight is 660 g/mol. The van der Waals surface area contributed by atoms with E-state index in [4.69, 9.17) is 53.3 Å². The first-order valence-corrected chi connectivity index (χ1v) is 15.1. The molecule has 0 aliphatic carbocycles. The maximum atomic E-state index is 11.1. The average Bonchev–Trinajstić information content (AvgIpc) is 3.55. The van der Waals surface area contributed by atoms with Gasteiger partial charge in [0.15, 0.2) is 5.65 Å². The normalized spacial score (nSPS) is 21.6. The molecule has 5 rings (SSSR count). The molecule has 2 N–H and O–H groups in total. The molecular weight excluding hydrogens is 624 g/mol. The number of aliphatic carboxylic acids is 2. The summed E-state index contributed by atoms with van der Waals surface area (Å²) in [6, 6.07) is 6.55. The molecule has 0 spiro atoms. The quantitative estimate of drug-likeness (QED) is 0.298. The lowest BCUT2D eigenvalue weighted by molar-refractivity contribution is -0.192. The minimum absolute atomic E-state index is 0.133. The van der Waals surface area contributed by atoms with Crippen LogP contribution in [0.1, 0.15) is 69.7 Å². The number of aromatic nitrogens is 4. The molecule has 240 valence electrons. The zero-order chi connectivity index (χ0) is 32.3. The Morgan fingerprint density at radius 1 is 1.16 bits per heavy atom. The Morgan fingerprint density at radius 3 is 2.48 bits per heavy atom. The number of alkyl halides is 3. The summed E-state index contributed by atoms with van der Waals surface area (Å²) in [6.45, 7) is 8.21. The van der Waals surface area contributed by atoms with Gasteiger partial charge in [-0.15, -0.1) is 0 Å². The number of carboxylic acid groups (broad SMARTS) is 2. The molecule has 0 radical (unpaired) electrons. The van der Waals surface area contributed by atoms with Gasteiger partial charge in [0.25, 0.3) is 0 Å². The van der Waals surface area contributed by atoms with Crippen molar-refractivity contribution in [1.29, 1.82) is 0 Å². The Kier molecular flexibility index (Phi) is 10.6. The number of hydrogen-bond acceptors (Lipinski definition) is 7. The van der Waals surface area contributed by atoms with E-state index in [0.29, 0.717) is 28.2 Å². The third-order valence-electron chi connectivity index (χ3n) is 8.31. The van der Waals surface area contributed by atoms with Gasteiger partial charge in [-0.05, 0) is 77.1 Å². The van der Waals surface area contributed by atoms with Crippen LogP contribution in [-0.2, 0) is 9.59 Å². The number of likely N-dealkylation sites (tertiary alicyclic amines) is 1. The maximum Gasteiger partial charge on any atom is 0.490 e. The fourth-order valence-electron chi connectivity index (χ4n) is 6.15. The molecule has 4 heterocycles. The van der Waals surface area contributed by atoms with Crippen LogP contribution < -0.4 is 4.90 Å². The summed E-state index contributed by atoms with van der Waals surface area (Å²) in [5, 5.41) is 22.2. The van der Waals surface area contributed by atoms with Gasteiger partial charge in [-0.2, -0.15) is 18.3 Å². The summed E-state index contributed by atoms with van der Waals surface area (Å²) in [5.74, 6) is -2.60. The fraction of sp³-hybridized carbons (Fsp3) is 0.552. The highest BCUT2D eigenvalue weighted by Crippen LogP contribution is 2.34. The molecule has 2 aromatic heterocycles. The molecule has 3 aromatic rings. The van der Waals surface area contributed by atoms with E-state index in [1.807, 2.05) is 29.9 Å². The molecule has 2 aliphatic heterocycles. The van der Waals surface area contributed by atoms with Gasteiger partial charge in [-0.1, -0.05) is 29.3 Å². The Balaban J connectivity index is 0.000000566. The SMILES string of the molecule is Cc1nn([C@H](C)c2ccc(Cl)cc2Cl)c2nc(N3CCC(N4CCC[C@H]4CCC(=O)O)C[C@@H]3C)cnc12.O=C(O)C(F)(F)F. The summed E-state index contributed by atoms with van der Waals surface area (Å²) in [7, 11) is 0. The Hall–Kier alpha value is -3.16. The highest BCUT2D eigenvalue weighted by atomic mass is 35.5. The van der Waals surface area contributed by atoms with Gasteiger partial charge in [-0.3, -0.25) is 9.69 Å². The molecule has 44 heavy (non-hydrogen) atoms. The van der Waals surface area contributed by atoms with Crippen LogP contribution >= 0.6 is 23.2 Å². The first-order chi connectivity index (χ1) is 20.7. The van der Waals surface area contributed by atoms with E-state index in [-0.39, 0.29) is 12.5 Å². The third kappa shape index (κ3) is 7.73. The van der Waals surface area contributed by atoms with Gasteiger partial charge in [0.05, 0.1) is 17.9 Å². The van der Waals surface area contributed by atoms with E-state index in [2.05, 4.69) is 23.6 Å². The predicted molar refractivity (Wildman–Crippen MR) is 160 cm³/mol. The second-order valence-corrected chi connectivity index (χ2v) is 12.1. The topological polar surface area (TPSA) is 125 Å². The van der Waals surface area contributed by atoms with Crippen LogP contribution in [-0.4, -0.2) is 84.2 Å². The fourth-order valence-corrected chi connectivity index (χ4v) is 6.72. The summed E-state index contributed by atoms with van der Waals surface area (Å²) in [5.41, 5.74) is 3.30. The van der Waals surface area contributed by atoms with Gasteiger partial charge in [0.2, 0.25) is 0 Å². The number of benzene rings is 1. The van der Waals surface area contributed by atoms with Crippen molar-refractivity contribution in [2.75, 3.05) is 18.0 Å². The second-order valence-electron chi connectivity index (χ2n) is 11.3. The van der Waals surface area contributed by atoms with E-state index in [0.717, 1.165) is 73.4 Å². The molecular formula is C29H35Cl2F3N6O4. The minimum atomic E-state index is -5.08. The Labute approximate surface area is 262 Å². The third-order valence-corrected chi connectivity index (χ3v) is 8.87. The van der Waals surface area contributed by atoms with Gasteiger partial charge < -0.3 is 15.1 Å². The van der Waals surface area contributed by atoms with Crippen molar-refractivity contribution in [2.45, 2.75) is 89.6 Å². The molecule has 15 heteroatoms. The number of carboxylic acids is 2. The molecule has 10 nitrogen and oxygen atoms in total. The minimum Gasteiger partial charge on any atom is -0.481 e. The van der Waals surface area contributed by atoms with Crippen molar-refractivity contribution >= 4 is 52.1 Å². The van der Waals surface area contributed by atoms with Crippen molar-refractivity contribution in [2.24, 2.45) is 0 Å². The number of aryl methyl sites for hydroxylation is 1. The number of fused-ring (bicyclic) bond motifs is 1. The van der Waals surface area contributed by atoms with Gasteiger partial charge >= 0.3 is 18.1 Å². The largest absolute Gasteiger partial charge is 0.490 e. The lowest BCUT2D eigenvalue weighted by Gasteiger charge is -2.43. The van der Waals surface area contributed by atoms with Gasteiger partial charge in [0, 0.05) is 41.1 Å². The van der Waals surface area contributed by atoms with Crippen LogP contribution in [0.2, 0.25) is 10.0 Å². The number of rotatable bonds is 7. The van der Waals surface area contributed by atoms with Crippen LogP contribution in [0.25, 0.3) is 11.2 Å². The molecule has 2 aliphatic rings. The van der Waals surface area contributed by atoms with Crippen LogP contribution in [0, 0.1) is 6.92 Å². The van der Waals surface area contributed by atoms with Gasteiger partial charge in [0.1, 0.15) is 11.3 Å². The van der Waals surface area contributed by atoms with E-state index < -0.39 is 18.1 Å². The molecule has 4 atom stereocenters. The van der Waals surface area contributed by atoms with Crippen LogP contribution in [0.15, 0.2) is 24.4 Å². The first-order valence-electron chi connectivity index (χ1n) is 14.4. The Bertz CT molecular complexity index is 1500. The molecule has 1 aromatic carbocycles. The Morgan fingerprint density at radius 2 is 1.86 bits per heavy atom. The van der Waals surface area contributed by atoms with E-state index in [1.54, 1.807) is 6.07 Å². The summed E-state index contributed by atoms with van der Waals surface area (Å²) < 4.78 is 33.6. The lowest BCUT2D eigenvalue weighted by Crippen LogP contribution is -2.50. The smallest absolute Gasteiger partial charge is 0.481 e. The van der Waals surface area contributed by atoms with E-state index in [1.165, 1.54) is 0 Å². The second kappa shape index (κ2) is 13.9. The van der Waals surface area contributed by atoms with Crippen molar-refractivity contribution in [3.05, 3.63) is 45.7 Å². The summed E-state index contributed by atoms with van der Waals surface area (Å²) in [6.07, 6.45) is 2.08. The molecule has 2 saturated heterocycles. The zero-order valence-corrected chi connectivity index (χ0v) is 26.1. The van der Waals surface area contributed by atoms with E-state index in [9.17, 15) is 18.0 Å². The first kappa shape index (κ1) is 33.7.